The van der Waals surface area contributed by atoms with Gasteiger partial charge >= 0.3 is 0 Å². The summed E-state index contributed by atoms with van der Waals surface area (Å²) in [5, 5.41) is 3.41. The second-order valence-electron chi connectivity index (χ2n) is 5.60. The molecule has 0 unspecified atom stereocenters. The molecule has 4 heteroatoms. The Kier molecular flexibility index (Phi) is 3.44. The molecule has 0 saturated heterocycles. The molecule has 0 bridgehead atoms. The summed E-state index contributed by atoms with van der Waals surface area (Å²) in [4.78, 5) is 24.9. The van der Waals surface area contributed by atoms with E-state index < -0.39 is 0 Å². The van der Waals surface area contributed by atoms with Gasteiger partial charge in [-0.15, -0.1) is 0 Å². The van der Waals surface area contributed by atoms with Crippen LogP contribution in [0.15, 0.2) is 66.7 Å². The highest BCUT2D eigenvalue weighted by molar-refractivity contribution is 6.30. The van der Waals surface area contributed by atoms with Gasteiger partial charge in [-0.1, -0.05) is 41.9 Å². The van der Waals surface area contributed by atoms with Crippen LogP contribution in [0.3, 0.4) is 0 Å². The number of anilines is 1. The van der Waals surface area contributed by atoms with E-state index in [1.54, 1.807) is 36.4 Å². The molecule has 1 amide bonds. The van der Waals surface area contributed by atoms with Crippen molar-refractivity contribution in [3.05, 3.63) is 88.4 Å². The van der Waals surface area contributed by atoms with Crippen molar-refractivity contribution in [2.24, 2.45) is 0 Å². The van der Waals surface area contributed by atoms with Crippen molar-refractivity contribution < 1.29 is 9.59 Å². The number of halogens is 1. The molecular weight excluding hydrogens is 322 g/mol. The fraction of sp³-hybridized carbons (Fsp3) is 0. The maximum absolute atomic E-state index is 12.5. The maximum Gasteiger partial charge on any atom is 0.255 e. The summed E-state index contributed by atoms with van der Waals surface area (Å²) in [6, 6.07) is 19.6. The Balaban J connectivity index is 1.66. The molecule has 1 aliphatic rings. The van der Waals surface area contributed by atoms with E-state index in [0.29, 0.717) is 27.4 Å². The molecule has 0 radical (unpaired) electrons. The Morgan fingerprint density at radius 2 is 1.46 bits per heavy atom. The van der Waals surface area contributed by atoms with Gasteiger partial charge in [0.05, 0.1) is 0 Å². The number of nitrogens with one attached hydrogen (secondary N) is 1. The SMILES string of the molecule is O=C(Nc1ccc(Cl)cc1)c1ccc2c(c1)C(=O)c1ccccc1-2. The number of hydrogen-bond donors (Lipinski definition) is 1. The van der Waals surface area contributed by atoms with E-state index in [-0.39, 0.29) is 11.7 Å². The van der Waals surface area contributed by atoms with Crippen LogP contribution in [-0.4, -0.2) is 11.7 Å². The zero-order valence-corrected chi connectivity index (χ0v) is 13.3. The van der Waals surface area contributed by atoms with E-state index in [4.69, 9.17) is 11.6 Å². The van der Waals surface area contributed by atoms with Crippen LogP contribution >= 0.6 is 11.6 Å². The molecule has 116 valence electrons. The van der Waals surface area contributed by atoms with Gasteiger partial charge in [-0.2, -0.15) is 0 Å². The molecule has 0 fully saturated rings. The smallest absolute Gasteiger partial charge is 0.255 e. The lowest BCUT2D eigenvalue weighted by Gasteiger charge is -2.07. The third kappa shape index (κ3) is 2.39. The van der Waals surface area contributed by atoms with Crippen molar-refractivity contribution in [1.29, 1.82) is 0 Å². The lowest BCUT2D eigenvalue weighted by atomic mass is 10.0. The first-order valence-corrected chi connectivity index (χ1v) is 7.86. The van der Waals surface area contributed by atoms with Crippen molar-refractivity contribution >= 4 is 29.0 Å². The highest BCUT2D eigenvalue weighted by atomic mass is 35.5. The Morgan fingerprint density at radius 1 is 0.792 bits per heavy atom. The summed E-state index contributed by atoms with van der Waals surface area (Å²) in [6.45, 7) is 0. The van der Waals surface area contributed by atoms with Crippen LogP contribution in [0.4, 0.5) is 5.69 Å². The highest BCUT2D eigenvalue weighted by Gasteiger charge is 2.26. The Bertz CT molecular complexity index is 977. The summed E-state index contributed by atoms with van der Waals surface area (Å²) in [6.07, 6.45) is 0. The monoisotopic (exact) mass is 333 g/mol. The third-order valence-corrected chi connectivity index (χ3v) is 4.34. The largest absolute Gasteiger partial charge is 0.322 e. The highest BCUT2D eigenvalue weighted by Crippen LogP contribution is 2.36. The van der Waals surface area contributed by atoms with Gasteiger partial charge in [0.2, 0.25) is 0 Å². The second kappa shape index (κ2) is 5.62. The van der Waals surface area contributed by atoms with Crippen LogP contribution in [0.1, 0.15) is 26.3 Å². The van der Waals surface area contributed by atoms with Crippen molar-refractivity contribution in [3.8, 4) is 11.1 Å². The lowest BCUT2D eigenvalue weighted by Crippen LogP contribution is -2.12. The van der Waals surface area contributed by atoms with Crippen LogP contribution in [0.25, 0.3) is 11.1 Å². The van der Waals surface area contributed by atoms with Gasteiger partial charge in [0.15, 0.2) is 5.78 Å². The number of amides is 1. The number of ketones is 1. The van der Waals surface area contributed by atoms with Crippen molar-refractivity contribution in [3.63, 3.8) is 0 Å². The average molecular weight is 334 g/mol. The molecule has 0 aliphatic heterocycles. The minimum absolute atomic E-state index is 0.0401. The molecule has 0 spiro atoms. The van der Waals surface area contributed by atoms with Crippen LogP contribution in [0, 0.1) is 0 Å². The molecule has 0 heterocycles. The molecule has 1 aliphatic carbocycles. The fourth-order valence-electron chi connectivity index (χ4n) is 2.91. The molecule has 0 atom stereocenters. The molecular formula is C20H12ClNO2. The first-order valence-electron chi connectivity index (χ1n) is 7.48. The van der Waals surface area contributed by atoms with Crippen molar-refractivity contribution in [2.75, 3.05) is 5.32 Å². The molecule has 24 heavy (non-hydrogen) atoms. The number of carbonyl (C=O) groups is 2. The van der Waals surface area contributed by atoms with Crippen LogP contribution < -0.4 is 5.32 Å². The predicted molar refractivity (Wildman–Crippen MR) is 94.7 cm³/mol. The van der Waals surface area contributed by atoms with Crippen LogP contribution in [-0.2, 0) is 0 Å². The standard InChI is InChI=1S/C20H12ClNO2/c21-13-6-8-14(9-7-13)22-20(24)12-5-10-16-15-3-1-2-4-17(15)19(23)18(16)11-12/h1-11H,(H,22,24). The molecule has 4 rings (SSSR count). The topological polar surface area (TPSA) is 46.2 Å². The van der Waals surface area contributed by atoms with E-state index in [2.05, 4.69) is 5.32 Å². The molecule has 3 aromatic carbocycles. The maximum atomic E-state index is 12.5. The Morgan fingerprint density at radius 3 is 2.21 bits per heavy atom. The summed E-state index contributed by atoms with van der Waals surface area (Å²) in [7, 11) is 0. The van der Waals surface area contributed by atoms with E-state index in [0.717, 1.165) is 11.1 Å². The number of hydrogen-bond acceptors (Lipinski definition) is 2. The average Bonchev–Trinajstić information content (AvgIpc) is 2.90. The van der Waals surface area contributed by atoms with Crippen molar-refractivity contribution in [1.82, 2.24) is 0 Å². The third-order valence-electron chi connectivity index (χ3n) is 4.09. The van der Waals surface area contributed by atoms with Gasteiger partial charge in [0.1, 0.15) is 0 Å². The zero-order chi connectivity index (χ0) is 16.7. The molecule has 1 N–H and O–H groups in total. The number of fused-ring (bicyclic) bond motifs is 3. The Hall–Kier alpha value is -2.91. The van der Waals surface area contributed by atoms with E-state index in [9.17, 15) is 9.59 Å². The minimum atomic E-state index is -0.260. The fourth-order valence-corrected chi connectivity index (χ4v) is 3.03. The number of benzene rings is 3. The van der Waals surface area contributed by atoms with Gasteiger partial charge in [-0.3, -0.25) is 9.59 Å². The number of rotatable bonds is 2. The van der Waals surface area contributed by atoms with E-state index >= 15 is 0 Å². The summed E-state index contributed by atoms with van der Waals surface area (Å²) in [5.74, 6) is -0.300. The van der Waals surface area contributed by atoms with Crippen molar-refractivity contribution in [2.45, 2.75) is 0 Å². The molecule has 3 aromatic rings. The lowest BCUT2D eigenvalue weighted by molar-refractivity contribution is 0.102. The van der Waals surface area contributed by atoms with Gasteiger partial charge in [-0.05, 0) is 47.5 Å². The van der Waals surface area contributed by atoms with Gasteiger partial charge in [-0.25, -0.2) is 0 Å². The number of carbonyl (C=O) groups excluding carboxylic acids is 2. The summed E-state index contributed by atoms with van der Waals surface area (Å²) in [5.41, 5.74) is 4.15. The van der Waals surface area contributed by atoms with Gasteiger partial charge in [0.25, 0.3) is 5.91 Å². The van der Waals surface area contributed by atoms with Crippen LogP contribution in [0.2, 0.25) is 5.02 Å². The zero-order valence-electron chi connectivity index (χ0n) is 12.5. The molecule has 0 saturated carbocycles. The normalized spacial score (nSPS) is 11.8. The van der Waals surface area contributed by atoms with E-state index in [1.165, 1.54) is 0 Å². The molecule has 0 aromatic heterocycles. The quantitative estimate of drug-likeness (QED) is 0.572. The summed E-state index contributed by atoms with van der Waals surface area (Å²) < 4.78 is 0. The predicted octanol–water partition coefficient (Wildman–Crippen LogP) is 4.80. The second-order valence-corrected chi connectivity index (χ2v) is 6.03. The molecule has 3 nitrogen and oxygen atoms in total. The first-order chi connectivity index (χ1) is 11.6. The minimum Gasteiger partial charge on any atom is -0.322 e. The van der Waals surface area contributed by atoms with Gasteiger partial charge < -0.3 is 5.32 Å². The van der Waals surface area contributed by atoms with Gasteiger partial charge in [0, 0.05) is 27.4 Å². The summed E-state index contributed by atoms with van der Waals surface area (Å²) >= 11 is 5.84. The van der Waals surface area contributed by atoms with Crippen LogP contribution in [0.5, 0.6) is 0 Å². The Labute approximate surface area is 143 Å². The first kappa shape index (κ1) is 14.7. The van der Waals surface area contributed by atoms with E-state index in [1.807, 2.05) is 30.3 Å².